The third-order valence-corrected chi connectivity index (χ3v) is 4.54. The predicted octanol–water partition coefficient (Wildman–Crippen LogP) is 4.87. The maximum absolute atomic E-state index is 6.01. The summed E-state index contributed by atoms with van der Waals surface area (Å²) >= 11 is 9.57. The van der Waals surface area contributed by atoms with Crippen LogP contribution in [0.1, 0.15) is 31.0 Å². The first-order valence-corrected chi connectivity index (χ1v) is 8.45. The van der Waals surface area contributed by atoms with Crippen molar-refractivity contribution in [2.45, 2.75) is 32.6 Å². The maximum atomic E-state index is 6.01. The SMILES string of the molecule is CCCNc1nc(-c2ccc(Cl)cc2Br)nc2c1CCC2. The molecule has 1 aromatic heterocycles. The number of halogens is 2. The molecular weight excluding hydrogens is 350 g/mol. The number of rotatable bonds is 4. The van der Waals surface area contributed by atoms with Crippen molar-refractivity contribution in [3.63, 3.8) is 0 Å². The third kappa shape index (κ3) is 3.06. The Morgan fingerprint density at radius 1 is 1.29 bits per heavy atom. The average molecular weight is 367 g/mol. The first-order valence-electron chi connectivity index (χ1n) is 7.28. The highest BCUT2D eigenvalue weighted by atomic mass is 79.9. The van der Waals surface area contributed by atoms with Crippen molar-refractivity contribution >= 4 is 33.3 Å². The number of hydrogen-bond donors (Lipinski definition) is 1. The van der Waals surface area contributed by atoms with E-state index in [0.717, 1.165) is 53.9 Å². The molecule has 0 atom stereocenters. The lowest BCUT2D eigenvalue weighted by Crippen LogP contribution is -2.08. The number of hydrogen-bond acceptors (Lipinski definition) is 3. The molecule has 0 saturated carbocycles. The van der Waals surface area contributed by atoms with Crippen LogP contribution in [-0.4, -0.2) is 16.5 Å². The van der Waals surface area contributed by atoms with E-state index in [9.17, 15) is 0 Å². The van der Waals surface area contributed by atoms with Gasteiger partial charge in [-0.1, -0.05) is 18.5 Å². The van der Waals surface area contributed by atoms with Crippen molar-refractivity contribution in [3.05, 3.63) is 39.0 Å². The summed E-state index contributed by atoms with van der Waals surface area (Å²) in [7, 11) is 0. The van der Waals surface area contributed by atoms with E-state index < -0.39 is 0 Å². The molecule has 0 unspecified atom stereocenters. The number of aryl methyl sites for hydroxylation is 1. The lowest BCUT2D eigenvalue weighted by molar-refractivity contribution is 0.899. The Bertz CT molecular complexity index is 673. The van der Waals surface area contributed by atoms with E-state index in [-0.39, 0.29) is 0 Å². The molecule has 0 amide bonds. The molecule has 1 heterocycles. The summed E-state index contributed by atoms with van der Waals surface area (Å²) in [5.74, 6) is 1.76. The Labute approximate surface area is 138 Å². The minimum Gasteiger partial charge on any atom is -0.370 e. The zero-order valence-electron chi connectivity index (χ0n) is 11.9. The number of benzene rings is 1. The molecule has 0 radical (unpaired) electrons. The first-order chi connectivity index (χ1) is 10.2. The Kier molecular flexibility index (Phi) is 4.45. The van der Waals surface area contributed by atoms with E-state index >= 15 is 0 Å². The van der Waals surface area contributed by atoms with Gasteiger partial charge in [0, 0.05) is 32.9 Å². The molecule has 5 heteroatoms. The molecule has 0 saturated heterocycles. The standard InChI is InChI=1S/C16H17BrClN3/c1-2-8-19-15-12-4-3-5-14(12)20-16(21-15)11-7-6-10(18)9-13(11)17/h6-7,9H,2-5,8H2,1H3,(H,19,20,21). The second kappa shape index (κ2) is 6.32. The van der Waals surface area contributed by atoms with E-state index in [0.29, 0.717) is 5.02 Å². The summed E-state index contributed by atoms with van der Waals surface area (Å²) in [5.41, 5.74) is 3.45. The van der Waals surface area contributed by atoms with Crippen LogP contribution in [0.3, 0.4) is 0 Å². The summed E-state index contributed by atoms with van der Waals surface area (Å²) < 4.78 is 0.925. The molecule has 1 aliphatic carbocycles. The maximum Gasteiger partial charge on any atom is 0.162 e. The van der Waals surface area contributed by atoms with Crippen LogP contribution in [0.15, 0.2) is 22.7 Å². The van der Waals surface area contributed by atoms with Crippen molar-refractivity contribution in [2.24, 2.45) is 0 Å². The van der Waals surface area contributed by atoms with Crippen LogP contribution in [0.5, 0.6) is 0 Å². The average Bonchev–Trinajstić information content (AvgIpc) is 2.93. The fourth-order valence-electron chi connectivity index (χ4n) is 2.61. The van der Waals surface area contributed by atoms with Crippen molar-refractivity contribution < 1.29 is 0 Å². The van der Waals surface area contributed by atoms with Crippen molar-refractivity contribution in [1.82, 2.24) is 9.97 Å². The van der Waals surface area contributed by atoms with E-state index in [1.54, 1.807) is 0 Å². The van der Waals surface area contributed by atoms with Gasteiger partial charge >= 0.3 is 0 Å². The molecule has 1 N–H and O–H groups in total. The third-order valence-electron chi connectivity index (χ3n) is 3.65. The smallest absolute Gasteiger partial charge is 0.162 e. The van der Waals surface area contributed by atoms with Crippen molar-refractivity contribution in [3.8, 4) is 11.4 Å². The number of anilines is 1. The predicted molar refractivity (Wildman–Crippen MR) is 91.0 cm³/mol. The Morgan fingerprint density at radius 2 is 2.14 bits per heavy atom. The molecule has 1 aliphatic rings. The molecule has 0 spiro atoms. The molecule has 110 valence electrons. The summed E-state index contributed by atoms with van der Waals surface area (Å²) in [5, 5.41) is 4.15. The van der Waals surface area contributed by atoms with Crippen LogP contribution in [0.4, 0.5) is 5.82 Å². The fraction of sp³-hybridized carbons (Fsp3) is 0.375. The normalized spacial score (nSPS) is 13.3. The van der Waals surface area contributed by atoms with E-state index in [1.807, 2.05) is 18.2 Å². The summed E-state index contributed by atoms with van der Waals surface area (Å²) in [4.78, 5) is 9.51. The van der Waals surface area contributed by atoms with Crippen LogP contribution in [0, 0.1) is 0 Å². The Hall–Kier alpha value is -1.13. The first kappa shape index (κ1) is 14.8. The largest absolute Gasteiger partial charge is 0.370 e. The van der Waals surface area contributed by atoms with Gasteiger partial charge in [0.1, 0.15) is 5.82 Å². The number of fused-ring (bicyclic) bond motifs is 1. The molecule has 2 aromatic rings. The Balaban J connectivity index is 2.06. The van der Waals surface area contributed by atoms with Gasteiger partial charge < -0.3 is 5.32 Å². The summed E-state index contributed by atoms with van der Waals surface area (Å²) in [6.45, 7) is 3.09. The zero-order chi connectivity index (χ0) is 14.8. The highest BCUT2D eigenvalue weighted by molar-refractivity contribution is 9.10. The van der Waals surface area contributed by atoms with E-state index in [4.69, 9.17) is 21.6 Å². The number of nitrogens with one attached hydrogen (secondary N) is 1. The fourth-order valence-corrected chi connectivity index (χ4v) is 3.47. The van der Waals surface area contributed by atoms with Crippen molar-refractivity contribution in [1.29, 1.82) is 0 Å². The van der Waals surface area contributed by atoms with Gasteiger partial charge in [0.05, 0.1) is 0 Å². The van der Waals surface area contributed by atoms with E-state index in [2.05, 4.69) is 28.2 Å². The molecule has 3 rings (SSSR count). The number of aromatic nitrogens is 2. The van der Waals surface area contributed by atoms with Gasteiger partial charge in [-0.3, -0.25) is 0 Å². The second-order valence-corrected chi connectivity index (χ2v) is 6.52. The zero-order valence-corrected chi connectivity index (χ0v) is 14.3. The topological polar surface area (TPSA) is 37.8 Å². The summed E-state index contributed by atoms with van der Waals surface area (Å²) in [6.07, 6.45) is 4.36. The minimum absolute atomic E-state index is 0.705. The van der Waals surface area contributed by atoms with Crippen LogP contribution in [0.2, 0.25) is 5.02 Å². The van der Waals surface area contributed by atoms with E-state index in [1.165, 1.54) is 11.3 Å². The van der Waals surface area contributed by atoms with Gasteiger partial charge in [0.2, 0.25) is 0 Å². The van der Waals surface area contributed by atoms with Crippen molar-refractivity contribution in [2.75, 3.05) is 11.9 Å². The molecule has 1 aromatic carbocycles. The van der Waals surface area contributed by atoms with Gasteiger partial charge in [0.15, 0.2) is 5.82 Å². The van der Waals surface area contributed by atoms with Crippen LogP contribution >= 0.6 is 27.5 Å². The number of nitrogens with zero attached hydrogens (tertiary/aromatic N) is 2. The quantitative estimate of drug-likeness (QED) is 0.839. The van der Waals surface area contributed by atoms with Crippen LogP contribution in [-0.2, 0) is 12.8 Å². The Morgan fingerprint density at radius 3 is 2.90 bits per heavy atom. The monoisotopic (exact) mass is 365 g/mol. The summed E-state index contributed by atoms with van der Waals surface area (Å²) in [6, 6.07) is 5.72. The van der Waals surface area contributed by atoms with Gasteiger partial charge in [-0.15, -0.1) is 0 Å². The molecule has 0 fully saturated rings. The lowest BCUT2D eigenvalue weighted by Gasteiger charge is -2.12. The van der Waals surface area contributed by atoms with Gasteiger partial charge in [-0.25, -0.2) is 9.97 Å². The minimum atomic E-state index is 0.705. The molecule has 21 heavy (non-hydrogen) atoms. The highest BCUT2D eigenvalue weighted by Crippen LogP contribution is 2.33. The van der Waals surface area contributed by atoms with Gasteiger partial charge in [-0.05, 0) is 59.8 Å². The second-order valence-electron chi connectivity index (χ2n) is 5.23. The molecular formula is C16H17BrClN3. The highest BCUT2D eigenvalue weighted by Gasteiger charge is 2.20. The molecule has 0 aliphatic heterocycles. The van der Waals surface area contributed by atoms with Crippen LogP contribution < -0.4 is 5.32 Å². The van der Waals surface area contributed by atoms with Gasteiger partial charge in [-0.2, -0.15) is 0 Å². The molecule has 0 bridgehead atoms. The van der Waals surface area contributed by atoms with Crippen LogP contribution in [0.25, 0.3) is 11.4 Å². The molecule has 3 nitrogen and oxygen atoms in total. The van der Waals surface area contributed by atoms with Gasteiger partial charge in [0.25, 0.3) is 0 Å². The lowest BCUT2D eigenvalue weighted by atomic mass is 10.2.